The molecule has 0 fully saturated rings. The van der Waals surface area contributed by atoms with Crippen molar-refractivity contribution in [3.8, 4) is 11.5 Å². The lowest BCUT2D eigenvalue weighted by atomic mass is 10.2. The minimum Gasteiger partial charge on any atom is -0.490 e. The lowest BCUT2D eigenvalue weighted by Crippen LogP contribution is -2.14. The van der Waals surface area contributed by atoms with E-state index in [9.17, 15) is 0 Å². The number of aliphatic hydroxyl groups excluding tert-OH is 1. The number of aliphatic hydroxyl groups is 1. The molecule has 1 aromatic carbocycles. The predicted molar refractivity (Wildman–Crippen MR) is 86.0 cm³/mol. The summed E-state index contributed by atoms with van der Waals surface area (Å²) in [4.78, 5) is 0. The molecule has 0 bridgehead atoms. The van der Waals surface area contributed by atoms with Gasteiger partial charge in [0.2, 0.25) is 0 Å². The van der Waals surface area contributed by atoms with E-state index < -0.39 is 0 Å². The van der Waals surface area contributed by atoms with Crippen molar-refractivity contribution >= 4 is 0 Å². The highest BCUT2D eigenvalue weighted by atomic mass is 16.5. The maximum atomic E-state index is 8.75. The van der Waals surface area contributed by atoms with Gasteiger partial charge in [0.1, 0.15) is 0 Å². The minimum absolute atomic E-state index is 0.254. The van der Waals surface area contributed by atoms with E-state index >= 15 is 0 Å². The predicted octanol–water partition coefficient (Wildman–Crippen LogP) is 3.13. The van der Waals surface area contributed by atoms with Crippen LogP contribution in [0.4, 0.5) is 0 Å². The first-order valence-electron chi connectivity index (χ1n) is 8.01. The monoisotopic (exact) mass is 295 g/mol. The molecule has 0 aliphatic heterocycles. The molecule has 0 amide bonds. The van der Waals surface area contributed by atoms with E-state index in [4.69, 9.17) is 14.6 Å². The Balaban J connectivity index is 2.52. The lowest BCUT2D eigenvalue weighted by molar-refractivity contribution is 0.255. The number of unbranched alkanes of at least 4 members (excludes halogenated alkanes) is 2. The van der Waals surface area contributed by atoms with E-state index in [1.807, 2.05) is 13.0 Å². The normalized spacial score (nSPS) is 10.6. The Hall–Kier alpha value is -1.26. The van der Waals surface area contributed by atoms with Gasteiger partial charge < -0.3 is 19.9 Å². The topological polar surface area (TPSA) is 50.7 Å². The Morgan fingerprint density at radius 1 is 1.05 bits per heavy atom. The highest BCUT2D eigenvalue weighted by molar-refractivity contribution is 5.43. The number of nitrogens with one attached hydrogen (secondary N) is 1. The van der Waals surface area contributed by atoms with Gasteiger partial charge in [0.25, 0.3) is 0 Å². The zero-order valence-electron chi connectivity index (χ0n) is 13.4. The maximum absolute atomic E-state index is 8.75. The van der Waals surface area contributed by atoms with E-state index in [-0.39, 0.29) is 6.61 Å². The van der Waals surface area contributed by atoms with Gasteiger partial charge >= 0.3 is 0 Å². The summed E-state index contributed by atoms with van der Waals surface area (Å²) in [5, 5.41) is 12.1. The van der Waals surface area contributed by atoms with Crippen molar-refractivity contribution in [3.63, 3.8) is 0 Å². The molecule has 0 atom stereocenters. The van der Waals surface area contributed by atoms with Crippen LogP contribution >= 0.6 is 0 Å². The second kappa shape index (κ2) is 11.4. The molecule has 4 nitrogen and oxygen atoms in total. The van der Waals surface area contributed by atoms with Crippen molar-refractivity contribution in [3.05, 3.63) is 23.8 Å². The molecule has 0 aromatic heterocycles. The lowest BCUT2D eigenvalue weighted by Gasteiger charge is -2.13. The van der Waals surface area contributed by atoms with E-state index in [1.54, 1.807) is 0 Å². The summed E-state index contributed by atoms with van der Waals surface area (Å²) in [7, 11) is 0. The molecule has 21 heavy (non-hydrogen) atoms. The molecule has 0 aliphatic rings. The number of benzene rings is 1. The van der Waals surface area contributed by atoms with Crippen LogP contribution in [0.2, 0.25) is 0 Å². The maximum Gasteiger partial charge on any atom is 0.161 e. The quantitative estimate of drug-likeness (QED) is 0.582. The van der Waals surface area contributed by atoms with E-state index in [1.165, 1.54) is 5.56 Å². The second-order valence-corrected chi connectivity index (χ2v) is 5.02. The molecular weight excluding hydrogens is 266 g/mol. The highest BCUT2D eigenvalue weighted by Crippen LogP contribution is 2.28. The van der Waals surface area contributed by atoms with Crippen LogP contribution in [0, 0.1) is 0 Å². The third-order valence-electron chi connectivity index (χ3n) is 3.12. The molecule has 0 aliphatic carbocycles. The summed E-state index contributed by atoms with van der Waals surface area (Å²) < 4.78 is 11.5. The first-order chi connectivity index (χ1) is 10.3. The summed E-state index contributed by atoms with van der Waals surface area (Å²) >= 11 is 0. The van der Waals surface area contributed by atoms with Gasteiger partial charge in [-0.2, -0.15) is 0 Å². The third-order valence-corrected chi connectivity index (χ3v) is 3.12. The van der Waals surface area contributed by atoms with Crippen molar-refractivity contribution in [1.82, 2.24) is 5.32 Å². The Morgan fingerprint density at radius 2 is 1.90 bits per heavy atom. The molecular formula is C17H29NO3. The van der Waals surface area contributed by atoms with Crippen molar-refractivity contribution in [2.75, 3.05) is 26.4 Å². The van der Waals surface area contributed by atoms with Crippen molar-refractivity contribution in [2.24, 2.45) is 0 Å². The summed E-state index contributed by atoms with van der Waals surface area (Å²) in [5.41, 5.74) is 1.21. The number of hydrogen-bond acceptors (Lipinski definition) is 4. The Bertz CT molecular complexity index is 382. The Morgan fingerprint density at radius 3 is 2.62 bits per heavy atom. The molecule has 1 rings (SSSR count). The molecule has 4 heteroatoms. The second-order valence-electron chi connectivity index (χ2n) is 5.02. The van der Waals surface area contributed by atoms with Crippen molar-refractivity contribution in [2.45, 2.75) is 46.1 Å². The molecule has 0 saturated carbocycles. The SMILES string of the molecule is CCCNCc1ccc(OCCCCCO)c(OCC)c1. The molecule has 0 spiro atoms. The highest BCUT2D eigenvalue weighted by Gasteiger charge is 2.06. The molecule has 0 radical (unpaired) electrons. The zero-order chi connectivity index (χ0) is 15.3. The summed E-state index contributed by atoms with van der Waals surface area (Å²) in [6.07, 6.45) is 3.91. The van der Waals surface area contributed by atoms with Crippen molar-refractivity contribution in [1.29, 1.82) is 0 Å². The summed E-state index contributed by atoms with van der Waals surface area (Å²) in [6.45, 7) is 7.56. The molecule has 120 valence electrons. The van der Waals surface area contributed by atoms with E-state index in [0.717, 1.165) is 50.3 Å². The number of ether oxygens (including phenoxy) is 2. The molecule has 2 N–H and O–H groups in total. The summed E-state index contributed by atoms with van der Waals surface area (Å²) in [6, 6.07) is 6.11. The zero-order valence-corrected chi connectivity index (χ0v) is 13.4. The number of rotatable bonds is 12. The first kappa shape index (κ1) is 17.8. The molecule has 0 unspecified atom stereocenters. The van der Waals surface area contributed by atoms with Gasteiger partial charge in [0.05, 0.1) is 13.2 Å². The average molecular weight is 295 g/mol. The van der Waals surface area contributed by atoms with Crippen LogP contribution in [0.25, 0.3) is 0 Å². The van der Waals surface area contributed by atoms with Gasteiger partial charge in [-0.25, -0.2) is 0 Å². The van der Waals surface area contributed by atoms with Crippen LogP contribution in [-0.2, 0) is 6.54 Å². The van der Waals surface area contributed by atoms with Crippen LogP contribution in [-0.4, -0.2) is 31.5 Å². The average Bonchev–Trinajstić information content (AvgIpc) is 2.49. The first-order valence-corrected chi connectivity index (χ1v) is 8.01. The Labute approximate surface area is 128 Å². The fourth-order valence-corrected chi connectivity index (χ4v) is 2.03. The van der Waals surface area contributed by atoms with E-state index in [0.29, 0.717) is 13.2 Å². The van der Waals surface area contributed by atoms with Gasteiger partial charge in [-0.1, -0.05) is 13.0 Å². The minimum atomic E-state index is 0.254. The van der Waals surface area contributed by atoms with Crippen LogP contribution < -0.4 is 14.8 Å². The standard InChI is InChI=1S/C17H29NO3/c1-3-10-18-14-15-8-9-16(17(13-15)20-4-2)21-12-7-5-6-11-19/h8-9,13,18-19H,3-7,10-12,14H2,1-2H3. The largest absolute Gasteiger partial charge is 0.490 e. The van der Waals surface area contributed by atoms with Crippen LogP contribution in [0.15, 0.2) is 18.2 Å². The van der Waals surface area contributed by atoms with Gasteiger partial charge in [-0.05, 0) is 56.8 Å². The molecule has 0 heterocycles. The molecule has 1 aromatic rings. The fraction of sp³-hybridized carbons (Fsp3) is 0.647. The summed E-state index contributed by atoms with van der Waals surface area (Å²) in [5.74, 6) is 1.62. The van der Waals surface area contributed by atoms with Gasteiger partial charge in [0, 0.05) is 13.2 Å². The van der Waals surface area contributed by atoms with Gasteiger partial charge in [-0.15, -0.1) is 0 Å². The van der Waals surface area contributed by atoms with Crippen molar-refractivity contribution < 1.29 is 14.6 Å². The number of hydrogen-bond donors (Lipinski definition) is 2. The van der Waals surface area contributed by atoms with Gasteiger partial charge in [0.15, 0.2) is 11.5 Å². The smallest absolute Gasteiger partial charge is 0.161 e. The Kier molecular flexibility index (Phi) is 9.66. The molecule has 0 saturated heterocycles. The van der Waals surface area contributed by atoms with Crippen LogP contribution in [0.5, 0.6) is 11.5 Å². The third kappa shape index (κ3) is 7.34. The van der Waals surface area contributed by atoms with Crippen LogP contribution in [0.1, 0.15) is 45.1 Å². The van der Waals surface area contributed by atoms with Gasteiger partial charge in [-0.3, -0.25) is 0 Å². The van der Waals surface area contributed by atoms with E-state index in [2.05, 4.69) is 24.4 Å². The fourth-order valence-electron chi connectivity index (χ4n) is 2.03. The van der Waals surface area contributed by atoms with Crippen LogP contribution in [0.3, 0.4) is 0 Å².